The summed E-state index contributed by atoms with van der Waals surface area (Å²) in [5.41, 5.74) is 1.49. The molecule has 0 atom stereocenters. The molecule has 29 heavy (non-hydrogen) atoms. The Labute approximate surface area is 168 Å². The van der Waals surface area contributed by atoms with E-state index in [2.05, 4.69) is 10.1 Å². The molecule has 3 rings (SSSR count). The van der Waals surface area contributed by atoms with Gasteiger partial charge >= 0.3 is 18.7 Å². The zero-order chi connectivity index (χ0) is 20.8. The number of amides is 1. The maximum absolute atomic E-state index is 12.3. The molecular formula is C20H15F2NO5S. The van der Waals surface area contributed by atoms with E-state index in [1.165, 1.54) is 24.3 Å². The van der Waals surface area contributed by atoms with Crippen molar-refractivity contribution >= 4 is 28.4 Å². The Kier molecular flexibility index (Phi) is 6.40. The van der Waals surface area contributed by atoms with Crippen molar-refractivity contribution in [3.05, 3.63) is 71.1 Å². The summed E-state index contributed by atoms with van der Waals surface area (Å²) in [6.07, 6.45) is -0.787. The molecule has 6 nitrogen and oxygen atoms in total. The summed E-state index contributed by atoms with van der Waals surface area (Å²) in [6.45, 7) is -2.91. The lowest BCUT2D eigenvalue weighted by atomic mass is 10.0. The summed E-state index contributed by atoms with van der Waals surface area (Å²) < 4.78 is 33.9. The van der Waals surface area contributed by atoms with E-state index < -0.39 is 18.7 Å². The Morgan fingerprint density at radius 2 is 1.76 bits per heavy atom. The largest absolute Gasteiger partial charge is 0.478 e. The Morgan fingerprint density at radius 1 is 1.07 bits per heavy atom. The lowest BCUT2D eigenvalue weighted by Gasteiger charge is -2.08. The molecule has 0 unspecified atom stereocenters. The predicted octanol–water partition coefficient (Wildman–Crippen LogP) is 5.46. The first-order chi connectivity index (χ1) is 13.9. The maximum atomic E-state index is 12.3. The second-order valence-electron chi connectivity index (χ2n) is 5.75. The van der Waals surface area contributed by atoms with Crippen LogP contribution >= 0.6 is 11.3 Å². The minimum absolute atomic E-state index is 0.0406. The van der Waals surface area contributed by atoms with Crippen LogP contribution in [0.2, 0.25) is 0 Å². The van der Waals surface area contributed by atoms with Gasteiger partial charge in [-0.3, -0.25) is 5.32 Å². The fraction of sp³-hybridized carbons (Fsp3) is 0.100. The maximum Gasteiger partial charge on any atom is 0.412 e. The van der Waals surface area contributed by atoms with Crippen molar-refractivity contribution in [1.29, 1.82) is 0 Å². The second kappa shape index (κ2) is 9.16. The highest BCUT2D eigenvalue weighted by Crippen LogP contribution is 2.36. The van der Waals surface area contributed by atoms with Gasteiger partial charge in [0, 0.05) is 10.9 Å². The standard InChI is InChI=1S/C20H15F2NO5S/c21-19(22)28-14-8-6-13(7-9-14)15-11-29-17(16(15)18(24)25)23-20(26)27-10-12-4-2-1-3-5-12/h1-9,11,19H,10H2,(H,23,26)(H,24,25). The van der Waals surface area contributed by atoms with Crippen LogP contribution in [-0.4, -0.2) is 23.8 Å². The van der Waals surface area contributed by atoms with E-state index in [9.17, 15) is 23.5 Å². The van der Waals surface area contributed by atoms with E-state index in [0.29, 0.717) is 11.1 Å². The van der Waals surface area contributed by atoms with Crippen LogP contribution in [-0.2, 0) is 11.3 Å². The number of aromatic carboxylic acids is 1. The molecule has 0 aliphatic heterocycles. The topological polar surface area (TPSA) is 84.9 Å². The summed E-state index contributed by atoms with van der Waals surface area (Å²) in [6, 6.07) is 14.6. The van der Waals surface area contributed by atoms with E-state index in [1.807, 2.05) is 18.2 Å². The van der Waals surface area contributed by atoms with Crippen molar-refractivity contribution in [3.63, 3.8) is 0 Å². The van der Waals surface area contributed by atoms with Gasteiger partial charge in [-0.1, -0.05) is 42.5 Å². The first-order valence-electron chi connectivity index (χ1n) is 8.32. The van der Waals surface area contributed by atoms with Gasteiger partial charge in [0.2, 0.25) is 0 Å². The molecule has 150 valence electrons. The first-order valence-corrected chi connectivity index (χ1v) is 9.19. The Bertz CT molecular complexity index is 990. The highest BCUT2D eigenvalue weighted by Gasteiger charge is 2.21. The number of rotatable bonds is 7. The second-order valence-corrected chi connectivity index (χ2v) is 6.63. The summed E-state index contributed by atoms with van der Waals surface area (Å²) in [7, 11) is 0. The zero-order valence-corrected chi connectivity index (χ0v) is 15.6. The third kappa shape index (κ3) is 5.29. The average Bonchev–Trinajstić information content (AvgIpc) is 3.11. The minimum Gasteiger partial charge on any atom is -0.478 e. The van der Waals surface area contributed by atoms with Crippen molar-refractivity contribution in [2.24, 2.45) is 0 Å². The molecule has 0 fully saturated rings. The van der Waals surface area contributed by atoms with Gasteiger partial charge in [0.1, 0.15) is 22.9 Å². The lowest BCUT2D eigenvalue weighted by Crippen LogP contribution is -2.14. The predicted molar refractivity (Wildman–Crippen MR) is 104 cm³/mol. The van der Waals surface area contributed by atoms with Crippen LogP contribution in [0.5, 0.6) is 5.75 Å². The van der Waals surface area contributed by atoms with Crippen LogP contribution in [0.25, 0.3) is 11.1 Å². The number of anilines is 1. The fourth-order valence-corrected chi connectivity index (χ4v) is 3.49. The fourth-order valence-electron chi connectivity index (χ4n) is 2.54. The molecule has 9 heteroatoms. The number of nitrogens with one attached hydrogen (secondary N) is 1. The number of alkyl halides is 2. The average molecular weight is 419 g/mol. The van der Waals surface area contributed by atoms with Gasteiger partial charge < -0.3 is 14.6 Å². The number of thiophene rings is 1. The number of hydrogen-bond donors (Lipinski definition) is 2. The quantitative estimate of drug-likeness (QED) is 0.531. The van der Waals surface area contributed by atoms with Crippen molar-refractivity contribution in [3.8, 4) is 16.9 Å². The monoisotopic (exact) mass is 419 g/mol. The van der Waals surface area contributed by atoms with Crippen molar-refractivity contribution in [1.82, 2.24) is 0 Å². The van der Waals surface area contributed by atoms with Gasteiger partial charge in [-0.2, -0.15) is 8.78 Å². The normalized spacial score (nSPS) is 10.6. The van der Waals surface area contributed by atoms with Crippen LogP contribution in [0.1, 0.15) is 15.9 Å². The number of hydrogen-bond acceptors (Lipinski definition) is 5. The molecule has 0 spiro atoms. The highest BCUT2D eigenvalue weighted by atomic mass is 32.1. The number of benzene rings is 2. The number of halogens is 2. The molecule has 1 amide bonds. The summed E-state index contributed by atoms with van der Waals surface area (Å²) in [5.74, 6) is -1.29. The molecule has 0 aliphatic carbocycles. The molecule has 1 aromatic heterocycles. The number of ether oxygens (including phenoxy) is 2. The summed E-state index contributed by atoms with van der Waals surface area (Å²) in [4.78, 5) is 23.8. The van der Waals surface area contributed by atoms with Crippen LogP contribution in [0, 0.1) is 0 Å². The van der Waals surface area contributed by atoms with Gasteiger partial charge in [0.25, 0.3) is 0 Å². The Hall–Kier alpha value is -3.46. The van der Waals surface area contributed by atoms with E-state index in [-0.39, 0.29) is 22.9 Å². The van der Waals surface area contributed by atoms with Crippen molar-refractivity contribution in [2.75, 3.05) is 5.32 Å². The van der Waals surface area contributed by atoms with E-state index in [4.69, 9.17) is 4.74 Å². The van der Waals surface area contributed by atoms with Gasteiger partial charge in [-0.15, -0.1) is 11.3 Å². The molecule has 2 aromatic carbocycles. The van der Waals surface area contributed by atoms with Gasteiger partial charge in [-0.25, -0.2) is 9.59 Å². The van der Waals surface area contributed by atoms with Gasteiger partial charge in [0.15, 0.2) is 0 Å². The highest BCUT2D eigenvalue weighted by molar-refractivity contribution is 7.15. The summed E-state index contributed by atoms with van der Waals surface area (Å²) >= 11 is 1.02. The van der Waals surface area contributed by atoms with Crippen LogP contribution in [0.3, 0.4) is 0 Å². The smallest absolute Gasteiger partial charge is 0.412 e. The summed E-state index contributed by atoms with van der Waals surface area (Å²) in [5, 5.41) is 13.7. The molecule has 1 heterocycles. The third-order valence-corrected chi connectivity index (χ3v) is 4.72. The Balaban J connectivity index is 1.74. The zero-order valence-electron chi connectivity index (χ0n) is 14.8. The molecular weight excluding hydrogens is 404 g/mol. The first kappa shape index (κ1) is 20.3. The van der Waals surface area contributed by atoms with Crippen LogP contribution in [0.15, 0.2) is 60.0 Å². The molecule has 0 radical (unpaired) electrons. The molecule has 0 aliphatic rings. The van der Waals surface area contributed by atoms with Gasteiger partial charge in [0.05, 0.1) is 0 Å². The van der Waals surface area contributed by atoms with Gasteiger partial charge in [-0.05, 0) is 23.3 Å². The molecule has 0 saturated carbocycles. The number of carbonyl (C=O) groups is 2. The Morgan fingerprint density at radius 3 is 2.38 bits per heavy atom. The molecule has 0 saturated heterocycles. The van der Waals surface area contributed by atoms with Crippen LogP contribution in [0.4, 0.5) is 18.6 Å². The van der Waals surface area contributed by atoms with Crippen molar-refractivity contribution in [2.45, 2.75) is 13.2 Å². The molecule has 2 N–H and O–H groups in total. The van der Waals surface area contributed by atoms with E-state index in [1.54, 1.807) is 17.5 Å². The third-order valence-electron chi connectivity index (χ3n) is 3.82. The number of carboxylic acid groups (broad SMARTS) is 1. The van der Waals surface area contributed by atoms with E-state index in [0.717, 1.165) is 16.9 Å². The number of carbonyl (C=O) groups excluding carboxylic acids is 1. The molecule has 0 bridgehead atoms. The number of carboxylic acids is 1. The van der Waals surface area contributed by atoms with Crippen molar-refractivity contribution < 1.29 is 33.0 Å². The minimum atomic E-state index is -2.95. The molecule has 3 aromatic rings. The lowest BCUT2D eigenvalue weighted by molar-refractivity contribution is -0.0498. The van der Waals surface area contributed by atoms with Crippen LogP contribution < -0.4 is 10.1 Å². The SMILES string of the molecule is O=C(Nc1scc(-c2ccc(OC(F)F)cc2)c1C(=O)O)OCc1ccccc1. The van der Waals surface area contributed by atoms with E-state index >= 15 is 0 Å².